The van der Waals surface area contributed by atoms with Gasteiger partial charge in [-0.05, 0) is 37.5 Å². The molecule has 0 atom stereocenters. The van der Waals surface area contributed by atoms with Crippen LogP contribution in [0.15, 0.2) is 52.9 Å². The van der Waals surface area contributed by atoms with Gasteiger partial charge in [0.2, 0.25) is 0 Å². The summed E-state index contributed by atoms with van der Waals surface area (Å²) in [6.45, 7) is 5.73. The lowest BCUT2D eigenvalue weighted by molar-refractivity contribution is -0.138. The van der Waals surface area contributed by atoms with Crippen molar-refractivity contribution in [1.82, 2.24) is 5.32 Å². The monoisotopic (exact) mass is 455 g/mol. The minimum Gasteiger partial charge on any atom is -0.478 e. The third kappa shape index (κ3) is 7.07. The molecule has 2 rings (SSSR count). The first kappa shape index (κ1) is 25.9. The number of ether oxygens (including phenoxy) is 1. The van der Waals surface area contributed by atoms with Gasteiger partial charge >= 0.3 is 17.9 Å². The fourth-order valence-electron chi connectivity index (χ4n) is 4.06. The van der Waals surface area contributed by atoms with E-state index >= 15 is 0 Å². The van der Waals surface area contributed by atoms with E-state index in [1.165, 1.54) is 25.3 Å². The highest BCUT2D eigenvalue weighted by molar-refractivity contribution is 5.99. The maximum Gasteiger partial charge on any atom is 0.334 e. The van der Waals surface area contributed by atoms with Crippen LogP contribution in [0.5, 0.6) is 0 Å². The van der Waals surface area contributed by atoms with Crippen LogP contribution in [0.4, 0.5) is 0 Å². The van der Waals surface area contributed by atoms with Crippen LogP contribution in [0, 0.1) is 0 Å². The molecule has 1 aromatic carbocycles. The summed E-state index contributed by atoms with van der Waals surface area (Å²) in [4.78, 5) is 36.2. The van der Waals surface area contributed by atoms with Gasteiger partial charge in [0.25, 0.3) is 0 Å². The third-order valence-electron chi connectivity index (χ3n) is 5.67. The van der Waals surface area contributed by atoms with E-state index in [0.29, 0.717) is 29.1 Å². The van der Waals surface area contributed by atoms with E-state index in [-0.39, 0.29) is 11.1 Å². The highest BCUT2D eigenvalue weighted by atomic mass is 16.5. The van der Waals surface area contributed by atoms with Gasteiger partial charge < -0.3 is 20.3 Å². The van der Waals surface area contributed by atoms with Gasteiger partial charge in [-0.1, -0.05) is 63.3 Å². The van der Waals surface area contributed by atoms with Crippen molar-refractivity contribution < 1.29 is 29.3 Å². The van der Waals surface area contributed by atoms with Crippen LogP contribution in [0.1, 0.15) is 76.3 Å². The molecule has 0 radical (unpaired) electrons. The van der Waals surface area contributed by atoms with Crippen molar-refractivity contribution in [3.8, 4) is 0 Å². The molecule has 3 N–H and O–H groups in total. The molecule has 7 heteroatoms. The first-order valence-electron chi connectivity index (χ1n) is 11.4. The molecule has 0 aromatic heterocycles. The zero-order chi connectivity index (χ0) is 24.4. The topological polar surface area (TPSA) is 113 Å². The second-order valence-electron chi connectivity index (χ2n) is 8.14. The second-order valence-corrected chi connectivity index (χ2v) is 8.14. The Labute approximate surface area is 194 Å². The number of carboxylic acid groups (broad SMARTS) is 2. The minimum atomic E-state index is -1.20. The van der Waals surface area contributed by atoms with Crippen molar-refractivity contribution in [3.63, 3.8) is 0 Å². The molecule has 1 aliphatic heterocycles. The normalized spacial score (nSPS) is 14.5. The van der Waals surface area contributed by atoms with E-state index in [1.54, 1.807) is 44.2 Å². The summed E-state index contributed by atoms with van der Waals surface area (Å²) >= 11 is 0. The van der Waals surface area contributed by atoms with Crippen molar-refractivity contribution in [2.45, 2.75) is 65.2 Å². The summed E-state index contributed by atoms with van der Waals surface area (Å²) in [5.74, 6) is -3.87. The van der Waals surface area contributed by atoms with E-state index in [1.807, 2.05) is 0 Å². The zero-order valence-electron chi connectivity index (χ0n) is 19.5. The average Bonchev–Trinajstić information content (AvgIpc) is 2.76. The van der Waals surface area contributed by atoms with Gasteiger partial charge in [0.05, 0.1) is 23.7 Å². The zero-order valence-corrected chi connectivity index (χ0v) is 19.5. The quantitative estimate of drug-likeness (QED) is 0.231. The summed E-state index contributed by atoms with van der Waals surface area (Å²) < 4.78 is 5.27. The van der Waals surface area contributed by atoms with Gasteiger partial charge in [-0.15, -0.1) is 0 Å². The fourth-order valence-corrected chi connectivity index (χ4v) is 4.06. The summed E-state index contributed by atoms with van der Waals surface area (Å²) in [6, 6.07) is 6.87. The molecule has 0 fully saturated rings. The van der Waals surface area contributed by atoms with E-state index in [2.05, 4.69) is 12.2 Å². The Balaban J connectivity index is 2.21. The molecule has 0 bridgehead atoms. The Hall–Kier alpha value is -3.35. The van der Waals surface area contributed by atoms with E-state index < -0.39 is 23.8 Å². The molecule has 0 unspecified atom stereocenters. The Morgan fingerprint density at radius 3 is 2.12 bits per heavy atom. The summed E-state index contributed by atoms with van der Waals surface area (Å²) in [6.07, 6.45) is 9.39. The first-order chi connectivity index (χ1) is 15.8. The van der Waals surface area contributed by atoms with Crippen molar-refractivity contribution in [2.24, 2.45) is 0 Å². The lowest BCUT2D eigenvalue weighted by Gasteiger charge is -2.29. The SMILES string of the molecule is CCCCCCCCOC(=O)C=Cc1ccccc1C1C(C(=O)O)=C(C)NC(C)=C1C(=O)O. The molecular formula is C26H33NO6. The predicted octanol–water partition coefficient (Wildman–Crippen LogP) is 5.01. The molecule has 0 aliphatic carbocycles. The number of esters is 1. The number of allylic oxidation sites excluding steroid dienone is 2. The lowest BCUT2D eigenvalue weighted by Crippen LogP contribution is -2.31. The Morgan fingerprint density at radius 2 is 1.52 bits per heavy atom. The third-order valence-corrected chi connectivity index (χ3v) is 5.67. The number of hydrogen-bond donors (Lipinski definition) is 3. The molecule has 1 heterocycles. The maximum atomic E-state index is 12.2. The molecule has 1 aliphatic rings. The van der Waals surface area contributed by atoms with Crippen molar-refractivity contribution in [3.05, 3.63) is 64.0 Å². The van der Waals surface area contributed by atoms with Crippen molar-refractivity contribution in [2.75, 3.05) is 6.61 Å². The van der Waals surface area contributed by atoms with Crippen LogP contribution in [-0.4, -0.2) is 34.7 Å². The first-order valence-corrected chi connectivity index (χ1v) is 11.4. The van der Waals surface area contributed by atoms with Crippen molar-refractivity contribution in [1.29, 1.82) is 0 Å². The Kier molecular flexibility index (Phi) is 9.91. The second kappa shape index (κ2) is 12.6. The average molecular weight is 456 g/mol. The summed E-state index contributed by atoms with van der Waals surface area (Å²) in [7, 11) is 0. The number of nitrogens with one attached hydrogen (secondary N) is 1. The van der Waals surface area contributed by atoms with Crippen molar-refractivity contribution >= 4 is 24.0 Å². The molecule has 178 valence electrons. The van der Waals surface area contributed by atoms with Gasteiger partial charge in [0, 0.05) is 17.5 Å². The highest BCUT2D eigenvalue weighted by Crippen LogP contribution is 2.39. The number of aliphatic carboxylic acids is 2. The van der Waals surface area contributed by atoms with Crippen LogP contribution in [0.25, 0.3) is 6.08 Å². The van der Waals surface area contributed by atoms with Gasteiger partial charge in [-0.2, -0.15) is 0 Å². The summed E-state index contributed by atoms with van der Waals surface area (Å²) in [5, 5.41) is 22.5. The van der Waals surface area contributed by atoms with Gasteiger partial charge in [-0.3, -0.25) is 0 Å². The minimum absolute atomic E-state index is 0.0375. The molecular weight excluding hydrogens is 422 g/mol. The van der Waals surface area contributed by atoms with E-state index in [9.17, 15) is 24.6 Å². The molecule has 0 saturated heterocycles. The molecule has 0 amide bonds. The molecule has 0 spiro atoms. The largest absolute Gasteiger partial charge is 0.478 e. The van der Waals surface area contributed by atoms with Gasteiger partial charge in [0.15, 0.2) is 0 Å². The molecule has 0 saturated carbocycles. The smallest absolute Gasteiger partial charge is 0.334 e. The van der Waals surface area contributed by atoms with Crippen LogP contribution in [0.2, 0.25) is 0 Å². The number of rotatable bonds is 12. The number of hydrogen-bond acceptors (Lipinski definition) is 5. The summed E-state index contributed by atoms with van der Waals surface area (Å²) in [5.41, 5.74) is 1.74. The van der Waals surface area contributed by atoms with E-state index in [0.717, 1.165) is 19.3 Å². The van der Waals surface area contributed by atoms with Crippen LogP contribution >= 0.6 is 0 Å². The standard InChI is InChI=1S/C26H33NO6/c1-4-5-6-7-8-11-16-33-21(28)15-14-19-12-9-10-13-20(19)24-22(25(29)30)17(2)27-18(3)23(24)26(31)32/h9-10,12-15,24,27H,4-8,11,16H2,1-3H3,(H,29,30)(H,31,32). The Bertz CT molecular complexity index is 937. The van der Waals surface area contributed by atoms with Crippen LogP contribution in [-0.2, 0) is 19.1 Å². The number of benzene rings is 1. The lowest BCUT2D eigenvalue weighted by atomic mass is 9.78. The Morgan fingerprint density at radius 1 is 0.939 bits per heavy atom. The number of dihydropyridines is 1. The fraction of sp³-hybridized carbons (Fsp3) is 0.423. The number of unbranched alkanes of at least 4 members (excludes halogenated alkanes) is 5. The van der Waals surface area contributed by atoms with Gasteiger partial charge in [0.1, 0.15) is 0 Å². The predicted molar refractivity (Wildman–Crippen MR) is 126 cm³/mol. The number of carboxylic acids is 2. The molecule has 33 heavy (non-hydrogen) atoms. The maximum absolute atomic E-state index is 12.2. The number of carbonyl (C=O) groups excluding carboxylic acids is 1. The van der Waals surface area contributed by atoms with Crippen LogP contribution in [0.3, 0.4) is 0 Å². The highest BCUT2D eigenvalue weighted by Gasteiger charge is 2.37. The number of carbonyl (C=O) groups is 3. The van der Waals surface area contributed by atoms with Gasteiger partial charge in [-0.25, -0.2) is 14.4 Å². The van der Waals surface area contributed by atoms with Crippen LogP contribution < -0.4 is 5.32 Å². The molecule has 1 aromatic rings. The van der Waals surface area contributed by atoms with E-state index in [4.69, 9.17) is 4.74 Å². The molecule has 7 nitrogen and oxygen atoms in total.